The number of aliphatic hydroxyl groups is 1. The summed E-state index contributed by atoms with van der Waals surface area (Å²) in [7, 11) is 0. The Morgan fingerprint density at radius 1 is 1.29 bits per heavy atom. The zero-order valence-electron chi connectivity index (χ0n) is 23.2. The van der Waals surface area contributed by atoms with Crippen molar-refractivity contribution in [3.8, 4) is 0 Å². The molecule has 1 aromatic heterocycles. The molecule has 1 saturated heterocycles. The van der Waals surface area contributed by atoms with Gasteiger partial charge in [0, 0.05) is 46.3 Å². The van der Waals surface area contributed by atoms with Crippen LogP contribution < -0.4 is 0 Å². The van der Waals surface area contributed by atoms with Gasteiger partial charge in [-0.25, -0.2) is 4.79 Å². The number of carbonyl (C=O) groups excluding carboxylic acids is 1. The molecule has 3 unspecified atom stereocenters. The van der Waals surface area contributed by atoms with E-state index < -0.39 is 6.23 Å². The van der Waals surface area contributed by atoms with Gasteiger partial charge < -0.3 is 24.3 Å². The average molecular weight is 603 g/mol. The fourth-order valence-electron chi connectivity index (χ4n) is 5.56. The van der Waals surface area contributed by atoms with E-state index in [1.807, 2.05) is 48.3 Å². The number of nitrogens with one attached hydrogen (secondary N) is 1. The van der Waals surface area contributed by atoms with Gasteiger partial charge in [0.25, 0.3) is 0 Å². The number of ether oxygens (including phenoxy) is 3. The van der Waals surface area contributed by atoms with E-state index in [0.717, 1.165) is 34.2 Å². The maximum Gasteiger partial charge on any atom is 0.410 e. The summed E-state index contributed by atoms with van der Waals surface area (Å²) in [6.07, 6.45) is 12.5. The molecule has 1 aliphatic carbocycles. The number of fused-ring (bicyclic) bond motifs is 3. The van der Waals surface area contributed by atoms with Crippen molar-refractivity contribution in [3.05, 3.63) is 81.5 Å². The third kappa shape index (κ3) is 7.25. The van der Waals surface area contributed by atoms with Crippen LogP contribution in [0.1, 0.15) is 37.1 Å². The molecule has 10 heteroatoms. The number of nitrogens with zero attached hydrogens (tertiary/aromatic N) is 2. The molecule has 3 aliphatic rings. The van der Waals surface area contributed by atoms with Crippen molar-refractivity contribution in [2.24, 2.45) is 0 Å². The predicted octanol–water partition coefficient (Wildman–Crippen LogP) is 5.87. The normalized spacial score (nSPS) is 22.7. The number of amides is 1. The molecule has 8 nitrogen and oxygen atoms in total. The van der Waals surface area contributed by atoms with Gasteiger partial charge in [0.15, 0.2) is 0 Å². The summed E-state index contributed by atoms with van der Waals surface area (Å²) in [5, 5.41) is 12.9. The molecule has 0 radical (unpaired) electrons. The van der Waals surface area contributed by atoms with E-state index in [2.05, 4.69) is 11.1 Å². The van der Waals surface area contributed by atoms with Gasteiger partial charge in [-0.05, 0) is 60.8 Å². The number of rotatable bonds is 9. The Balaban J connectivity index is 1.31. The minimum absolute atomic E-state index is 0.126. The zero-order valence-corrected chi connectivity index (χ0v) is 24.7. The molecule has 2 aromatic rings. The molecular formula is C31H37Cl2N3O5. The van der Waals surface area contributed by atoms with E-state index in [9.17, 15) is 9.90 Å². The number of carbonyl (C=O) groups is 1. The van der Waals surface area contributed by atoms with Gasteiger partial charge in [-0.3, -0.25) is 9.80 Å². The molecule has 1 fully saturated rings. The summed E-state index contributed by atoms with van der Waals surface area (Å²) < 4.78 is 17.0. The first-order valence-electron chi connectivity index (χ1n) is 14.2. The van der Waals surface area contributed by atoms with Crippen LogP contribution in [0.15, 0.2) is 65.3 Å². The van der Waals surface area contributed by atoms with Crippen molar-refractivity contribution in [1.82, 2.24) is 14.8 Å². The van der Waals surface area contributed by atoms with Crippen LogP contribution in [-0.2, 0) is 20.6 Å². The number of morpholine rings is 1. The highest BCUT2D eigenvalue weighted by Crippen LogP contribution is 2.41. The minimum atomic E-state index is -0.664. The minimum Gasteiger partial charge on any atom is -0.445 e. The second kappa shape index (κ2) is 14.1. The fourth-order valence-corrected chi connectivity index (χ4v) is 5.98. The Morgan fingerprint density at radius 3 is 2.88 bits per heavy atom. The highest BCUT2D eigenvalue weighted by Gasteiger charge is 2.36. The maximum absolute atomic E-state index is 13.4. The number of aliphatic hydroxyl groups excluding tert-OH is 1. The van der Waals surface area contributed by atoms with Crippen LogP contribution in [0, 0.1) is 0 Å². The van der Waals surface area contributed by atoms with Gasteiger partial charge in [-0.1, -0.05) is 54.4 Å². The summed E-state index contributed by atoms with van der Waals surface area (Å²) in [5.41, 5.74) is 4.10. The SMILES string of the molecule is CCC=C(Cl)C=CCOC(=O)N1CCc2c([nH]c3ccc(Cl)cc23)C1C1=CCC(OCC(O)N2CCOCC2)C=C1. The lowest BCUT2D eigenvalue weighted by Gasteiger charge is -2.37. The molecule has 5 rings (SSSR count). The first-order valence-corrected chi connectivity index (χ1v) is 15.0. The fraction of sp³-hybridized carbons (Fsp3) is 0.452. The highest BCUT2D eigenvalue weighted by atomic mass is 35.5. The van der Waals surface area contributed by atoms with Crippen molar-refractivity contribution >= 4 is 40.2 Å². The van der Waals surface area contributed by atoms with Crippen LogP contribution in [-0.4, -0.2) is 84.4 Å². The number of aromatic amines is 1. The number of hydrogen-bond acceptors (Lipinski definition) is 6. The van der Waals surface area contributed by atoms with Gasteiger partial charge >= 0.3 is 6.09 Å². The monoisotopic (exact) mass is 601 g/mol. The standard InChI is InChI=1S/C31H37Cl2N3O5/c1-2-4-22(32)5-3-16-40-31(38)36-13-12-25-26-19-23(33)8-11-27(26)34-29(25)30(36)21-6-9-24(10-7-21)41-20-28(37)35-14-17-39-18-15-35/h3-9,11,19,24,28,30,34,37H,2,10,12-18,20H2,1H3. The number of allylic oxidation sites excluding steroid dienone is 3. The third-order valence-corrected chi connectivity index (χ3v) is 8.15. The lowest BCUT2D eigenvalue weighted by molar-refractivity contribution is -0.101. The van der Waals surface area contributed by atoms with Crippen LogP contribution in [0.4, 0.5) is 4.79 Å². The number of aromatic nitrogens is 1. The van der Waals surface area contributed by atoms with Gasteiger partial charge in [0.1, 0.15) is 18.9 Å². The number of H-pyrrole nitrogens is 1. The molecule has 3 atom stereocenters. The Morgan fingerprint density at radius 2 is 2.12 bits per heavy atom. The van der Waals surface area contributed by atoms with E-state index in [4.69, 9.17) is 37.4 Å². The van der Waals surface area contributed by atoms with Crippen molar-refractivity contribution in [2.75, 3.05) is 46.1 Å². The smallest absolute Gasteiger partial charge is 0.410 e. The molecule has 1 amide bonds. The van der Waals surface area contributed by atoms with Crippen LogP contribution >= 0.6 is 23.2 Å². The first kappa shape index (κ1) is 29.9. The predicted molar refractivity (Wildman–Crippen MR) is 161 cm³/mol. The van der Waals surface area contributed by atoms with E-state index in [-0.39, 0.29) is 31.5 Å². The van der Waals surface area contributed by atoms with E-state index in [1.54, 1.807) is 17.1 Å². The Hall–Kier alpha value is -2.59. The van der Waals surface area contributed by atoms with Gasteiger partial charge in [0.05, 0.1) is 25.9 Å². The molecule has 0 saturated carbocycles. The zero-order chi connectivity index (χ0) is 28.8. The largest absolute Gasteiger partial charge is 0.445 e. The Bertz CT molecular complexity index is 1340. The second-order valence-electron chi connectivity index (χ2n) is 10.3. The summed E-state index contributed by atoms with van der Waals surface area (Å²) in [5.74, 6) is 0. The van der Waals surface area contributed by atoms with Crippen molar-refractivity contribution in [2.45, 2.75) is 44.6 Å². The van der Waals surface area contributed by atoms with Crippen LogP contribution in [0.3, 0.4) is 0 Å². The Kier molecular flexibility index (Phi) is 10.2. The summed E-state index contributed by atoms with van der Waals surface area (Å²) in [6, 6.07) is 5.47. The number of hydrogen-bond donors (Lipinski definition) is 2. The van der Waals surface area contributed by atoms with Gasteiger partial charge in [0.2, 0.25) is 0 Å². The lowest BCUT2D eigenvalue weighted by Crippen LogP contribution is -2.46. The molecular weight excluding hydrogens is 565 g/mol. The van der Waals surface area contributed by atoms with Gasteiger partial charge in [-0.15, -0.1) is 0 Å². The molecule has 41 heavy (non-hydrogen) atoms. The van der Waals surface area contributed by atoms with Crippen LogP contribution in [0.25, 0.3) is 10.9 Å². The van der Waals surface area contributed by atoms with Crippen LogP contribution in [0.2, 0.25) is 5.02 Å². The number of halogens is 2. The second-order valence-corrected chi connectivity index (χ2v) is 11.2. The molecule has 1 aromatic carbocycles. The molecule has 0 bridgehead atoms. The van der Waals surface area contributed by atoms with E-state index in [0.29, 0.717) is 55.7 Å². The summed E-state index contributed by atoms with van der Waals surface area (Å²) in [4.78, 5) is 20.7. The lowest BCUT2D eigenvalue weighted by atomic mass is 9.89. The van der Waals surface area contributed by atoms with Crippen molar-refractivity contribution in [3.63, 3.8) is 0 Å². The summed E-state index contributed by atoms with van der Waals surface area (Å²) >= 11 is 12.5. The molecule has 0 spiro atoms. The Labute approximate surface area is 250 Å². The third-order valence-electron chi connectivity index (χ3n) is 7.63. The quantitative estimate of drug-likeness (QED) is 0.350. The van der Waals surface area contributed by atoms with Gasteiger partial charge in [-0.2, -0.15) is 0 Å². The molecule has 2 aliphatic heterocycles. The van der Waals surface area contributed by atoms with Crippen molar-refractivity contribution in [1.29, 1.82) is 0 Å². The molecule has 220 valence electrons. The maximum atomic E-state index is 13.4. The average Bonchev–Trinajstić information content (AvgIpc) is 3.36. The molecule has 3 heterocycles. The summed E-state index contributed by atoms with van der Waals surface area (Å²) in [6.45, 7) is 5.49. The van der Waals surface area contributed by atoms with E-state index >= 15 is 0 Å². The molecule has 2 N–H and O–H groups in total. The topological polar surface area (TPSA) is 87.3 Å². The first-order chi connectivity index (χ1) is 19.9. The highest BCUT2D eigenvalue weighted by molar-refractivity contribution is 6.31. The van der Waals surface area contributed by atoms with Crippen LogP contribution in [0.5, 0.6) is 0 Å². The number of benzene rings is 1. The van der Waals surface area contributed by atoms with Crippen molar-refractivity contribution < 1.29 is 24.1 Å². The van der Waals surface area contributed by atoms with E-state index in [1.165, 1.54) is 0 Å².